The van der Waals surface area contributed by atoms with Crippen molar-refractivity contribution in [3.8, 4) is 0 Å². The Balaban J connectivity index is 2.66. The molecule has 3 amide bonds. The van der Waals surface area contributed by atoms with Crippen LogP contribution in [0.25, 0.3) is 0 Å². The molecule has 1 aliphatic rings. The van der Waals surface area contributed by atoms with Crippen LogP contribution in [-0.2, 0) is 19.1 Å². The summed E-state index contributed by atoms with van der Waals surface area (Å²) in [6, 6.07) is -1.47. The quantitative estimate of drug-likeness (QED) is 0.696. The number of carboxylic acid groups (broad SMARTS) is 1. The maximum Gasteiger partial charge on any atom is 0.407 e. The predicted octanol–water partition coefficient (Wildman–Crippen LogP) is -0.111. The largest absolute Gasteiger partial charge is 0.480 e. The Kier molecular flexibility index (Phi) is 4.49. The highest BCUT2D eigenvalue weighted by Gasteiger charge is 2.36. The molecule has 20 heavy (non-hydrogen) atoms. The number of carbonyl (C=O) groups excluding carboxylic acids is 3. The molecule has 0 radical (unpaired) electrons. The van der Waals surface area contributed by atoms with Crippen molar-refractivity contribution in [1.82, 2.24) is 10.2 Å². The van der Waals surface area contributed by atoms with Gasteiger partial charge in [0, 0.05) is 12.2 Å². The Morgan fingerprint density at radius 2 is 1.80 bits per heavy atom. The second-order valence-electron chi connectivity index (χ2n) is 5.12. The molecule has 0 aromatic rings. The minimum absolute atomic E-state index is 0.427. The summed E-state index contributed by atoms with van der Waals surface area (Å²) in [6.45, 7) is 4.53. The highest BCUT2D eigenvalue weighted by molar-refractivity contribution is 6.14. The van der Waals surface area contributed by atoms with E-state index in [1.54, 1.807) is 20.8 Å². The number of imide groups is 1. The summed E-state index contributed by atoms with van der Waals surface area (Å²) in [5.41, 5.74) is -0.732. The topological polar surface area (TPSA) is 113 Å². The van der Waals surface area contributed by atoms with Gasteiger partial charge in [-0.3, -0.25) is 14.5 Å². The van der Waals surface area contributed by atoms with E-state index in [1.807, 2.05) is 0 Å². The zero-order chi connectivity index (χ0) is 15.5. The van der Waals surface area contributed by atoms with Crippen molar-refractivity contribution < 1.29 is 29.0 Å². The fraction of sp³-hybridized carbons (Fsp3) is 0.500. The third kappa shape index (κ3) is 4.08. The van der Waals surface area contributed by atoms with Gasteiger partial charge in [-0.2, -0.15) is 0 Å². The summed E-state index contributed by atoms with van der Waals surface area (Å²) in [5.74, 6) is -2.85. The molecule has 8 heteroatoms. The molecule has 0 unspecified atom stereocenters. The van der Waals surface area contributed by atoms with Crippen LogP contribution in [0.3, 0.4) is 0 Å². The molecule has 1 rings (SSSR count). The predicted molar refractivity (Wildman–Crippen MR) is 66.7 cm³/mol. The molecule has 0 saturated carbocycles. The molecule has 2 N–H and O–H groups in total. The standard InChI is InChI=1S/C12H16N2O6/c1-12(2,3)20-11(19)13-6-7(10(17)18)14-8(15)4-5-9(14)16/h4-5,7H,6H2,1-3H3,(H,13,19)(H,17,18)/t7-/m1/s1. The molecular weight excluding hydrogens is 268 g/mol. The smallest absolute Gasteiger partial charge is 0.407 e. The third-order valence-corrected chi connectivity index (χ3v) is 2.28. The van der Waals surface area contributed by atoms with E-state index >= 15 is 0 Å². The Bertz CT molecular complexity index is 459. The Hall–Kier alpha value is -2.38. The van der Waals surface area contributed by atoms with Gasteiger partial charge in [0.1, 0.15) is 5.60 Å². The van der Waals surface area contributed by atoms with Crippen LogP contribution < -0.4 is 5.32 Å². The van der Waals surface area contributed by atoms with Crippen molar-refractivity contribution in [1.29, 1.82) is 0 Å². The van der Waals surface area contributed by atoms with Gasteiger partial charge >= 0.3 is 12.1 Å². The lowest BCUT2D eigenvalue weighted by Crippen LogP contribution is -2.51. The lowest BCUT2D eigenvalue weighted by Gasteiger charge is -2.24. The number of hydrogen-bond acceptors (Lipinski definition) is 5. The lowest BCUT2D eigenvalue weighted by molar-refractivity contribution is -0.153. The number of ether oxygens (including phenoxy) is 1. The van der Waals surface area contributed by atoms with E-state index in [2.05, 4.69) is 5.32 Å². The molecule has 0 aliphatic carbocycles. The summed E-state index contributed by atoms with van der Waals surface area (Å²) in [6.07, 6.45) is 1.13. The summed E-state index contributed by atoms with van der Waals surface area (Å²) >= 11 is 0. The average Bonchev–Trinajstić information content (AvgIpc) is 2.58. The van der Waals surface area contributed by atoms with E-state index in [0.717, 1.165) is 12.2 Å². The van der Waals surface area contributed by atoms with Gasteiger partial charge in [-0.05, 0) is 20.8 Å². The van der Waals surface area contributed by atoms with E-state index in [4.69, 9.17) is 9.84 Å². The zero-order valence-electron chi connectivity index (χ0n) is 11.4. The first-order valence-corrected chi connectivity index (χ1v) is 5.86. The van der Waals surface area contributed by atoms with Gasteiger partial charge in [-0.15, -0.1) is 0 Å². The SMILES string of the molecule is CC(C)(C)OC(=O)NC[C@H](C(=O)O)N1C(=O)C=CC1=O. The number of carboxylic acids is 1. The van der Waals surface area contributed by atoms with Gasteiger partial charge in [0.05, 0.1) is 6.54 Å². The molecule has 0 bridgehead atoms. The number of aliphatic carboxylic acids is 1. The molecule has 1 atom stereocenters. The molecule has 0 aromatic heterocycles. The number of alkyl carbamates (subject to hydrolysis) is 1. The van der Waals surface area contributed by atoms with Crippen molar-refractivity contribution in [2.45, 2.75) is 32.4 Å². The Morgan fingerprint density at radius 1 is 1.30 bits per heavy atom. The Labute approximate surface area is 115 Å². The summed E-state index contributed by atoms with van der Waals surface area (Å²) in [7, 11) is 0. The van der Waals surface area contributed by atoms with Crippen LogP contribution in [0.1, 0.15) is 20.8 Å². The summed E-state index contributed by atoms with van der Waals surface area (Å²) < 4.78 is 4.94. The Morgan fingerprint density at radius 3 is 2.20 bits per heavy atom. The average molecular weight is 284 g/mol. The monoisotopic (exact) mass is 284 g/mol. The second-order valence-corrected chi connectivity index (χ2v) is 5.12. The van der Waals surface area contributed by atoms with Gasteiger partial charge in [-0.1, -0.05) is 0 Å². The molecule has 110 valence electrons. The van der Waals surface area contributed by atoms with E-state index < -0.39 is 42.1 Å². The molecule has 0 saturated heterocycles. The van der Waals surface area contributed by atoms with E-state index in [1.165, 1.54) is 0 Å². The molecule has 1 heterocycles. The van der Waals surface area contributed by atoms with Crippen molar-refractivity contribution in [3.05, 3.63) is 12.2 Å². The summed E-state index contributed by atoms with van der Waals surface area (Å²) in [4.78, 5) is 45.9. The minimum Gasteiger partial charge on any atom is -0.480 e. The van der Waals surface area contributed by atoms with Crippen LogP contribution >= 0.6 is 0 Å². The van der Waals surface area contributed by atoms with Crippen LogP contribution in [0.2, 0.25) is 0 Å². The van der Waals surface area contributed by atoms with E-state index in [9.17, 15) is 19.2 Å². The maximum absolute atomic E-state index is 11.4. The number of carbonyl (C=O) groups is 4. The third-order valence-electron chi connectivity index (χ3n) is 2.28. The molecule has 0 fully saturated rings. The molecule has 0 spiro atoms. The molecular formula is C12H16N2O6. The van der Waals surface area contributed by atoms with Crippen LogP contribution in [0.15, 0.2) is 12.2 Å². The molecule has 1 aliphatic heterocycles. The van der Waals surface area contributed by atoms with Crippen LogP contribution in [-0.4, -0.2) is 52.1 Å². The fourth-order valence-corrected chi connectivity index (χ4v) is 1.50. The van der Waals surface area contributed by atoms with Gasteiger partial charge in [0.2, 0.25) is 0 Å². The second kappa shape index (κ2) is 5.72. The first-order valence-electron chi connectivity index (χ1n) is 5.86. The fourth-order valence-electron chi connectivity index (χ4n) is 1.50. The lowest BCUT2D eigenvalue weighted by atomic mass is 10.2. The number of nitrogens with zero attached hydrogens (tertiary/aromatic N) is 1. The van der Waals surface area contributed by atoms with Crippen molar-refractivity contribution in [2.75, 3.05) is 6.54 Å². The number of rotatable bonds is 4. The van der Waals surface area contributed by atoms with Crippen LogP contribution in [0.5, 0.6) is 0 Å². The molecule has 0 aromatic carbocycles. The number of nitrogens with one attached hydrogen (secondary N) is 1. The maximum atomic E-state index is 11.4. The van der Waals surface area contributed by atoms with Crippen LogP contribution in [0.4, 0.5) is 4.79 Å². The first kappa shape index (κ1) is 15.7. The number of hydrogen-bond donors (Lipinski definition) is 2. The van der Waals surface area contributed by atoms with Crippen molar-refractivity contribution >= 4 is 23.9 Å². The number of amides is 3. The summed E-state index contributed by atoms with van der Waals surface area (Å²) in [5, 5.41) is 11.3. The van der Waals surface area contributed by atoms with Gasteiger partial charge in [-0.25, -0.2) is 9.59 Å². The highest BCUT2D eigenvalue weighted by Crippen LogP contribution is 2.10. The van der Waals surface area contributed by atoms with Gasteiger partial charge in [0.15, 0.2) is 6.04 Å². The van der Waals surface area contributed by atoms with E-state index in [0.29, 0.717) is 4.90 Å². The van der Waals surface area contributed by atoms with Crippen molar-refractivity contribution in [3.63, 3.8) is 0 Å². The zero-order valence-corrected chi connectivity index (χ0v) is 11.4. The minimum atomic E-state index is -1.47. The van der Waals surface area contributed by atoms with Gasteiger partial charge in [0.25, 0.3) is 11.8 Å². The van der Waals surface area contributed by atoms with Crippen LogP contribution in [0, 0.1) is 0 Å². The van der Waals surface area contributed by atoms with Gasteiger partial charge < -0.3 is 15.2 Å². The highest BCUT2D eigenvalue weighted by atomic mass is 16.6. The van der Waals surface area contributed by atoms with Crippen molar-refractivity contribution in [2.24, 2.45) is 0 Å². The molecule has 8 nitrogen and oxygen atoms in total. The van der Waals surface area contributed by atoms with E-state index in [-0.39, 0.29) is 0 Å². The normalized spacial score (nSPS) is 16.2. The first-order chi connectivity index (χ1) is 9.11.